The number of ether oxygens (including phenoxy) is 1. The van der Waals surface area contributed by atoms with Crippen molar-refractivity contribution in [1.29, 1.82) is 0 Å². The van der Waals surface area contributed by atoms with Gasteiger partial charge in [-0.15, -0.1) is 0 Å². The van der Waals surface area contributed by atoms with Crippen LogP contribution in [0.2, 0.25) is 0 Å². The van der Waals surface area contributed by atoms with Crippen molar-refractivity contribution in [2.24, 2.45) is 17.8 Å². The Morgan fingerprint density at radius 1 is 1.15 bits per heavy atom. The number of carbonyl (C=O) groups is 2. The van der Waals surface area contributed by atoms with Crippen molar-refractivity contribution in [2.75, 3.05) is 12.4 Å². The van der Waals surface area contributed by atoms with E-state index < -0.39 is 6.04 Å². The van der Waals surface area contributed by atoms with Crippen LogP contribution in [-0.4, -0.2) is 25.0 Å². The molecule has 0 aliphatic heterocycles. The molecule has 0 aromatic heterocycles. The molecule has 144 valence electrons. The van der Waals surface area contributed by atoms with Crippen molar-refractivity contribution in [3.8, 4) is 5.75 Å². The SMILES string of the molecule is CC[C@@H](C)[C@H](NC(=O)C1CCC(C)CC1)C(=O)Nc1ccc(OC)cc1. The maximum absolute atomic E-state index is 12.8. The molecule has 1 aliphatic carbocycles. The Morgan fingerprint density at radius 3 is 2.31 bits per heavy atom. The van der Waals surface area contributed by atoms with Gasteiger partial charge < -0.3 is 15.4 Å². The summed E-state index contributed by atoms with van der Waals surface area (Å²) < 4.78 is 5.13. The maximum atomic E-state index is 12.8. The van der Waals surface area contributed by atoms with E-state index >= 15 is 0 Å². The zero-order valence-corrected chi connectivity index (χ0v) is 16.4. The molecule has 5 nitrogen and oxygen atoms in total. The summed E-state index contributed by atoms with van der Waals surface area (Å²) in [5, 5.41) is 5.93. The minimum atomic E-state index is -0.519. The summed E-state index contributed by atoms with van der Waals surface area (Å²) in [4.78, 5) is 25.4. The number of nitrogens with one attached hydrogen (secondary N) is 2. The number of anilines is 1. The van der Waals surface area contributed by atoms with Gasteiger partial charge in [-0.25, -0.2) is 0 Å². The van der Waals surface area contributed by atoms with E-state index in [4.69, 9.17) is 4.74 Å². The van der Waals surface area contributed by atoms with E-state index in [0.29, 0.717) is 11.6 Å². The minimum Gasteiger partial charge on any atom is -0.497 e. The summed E-state index contributed by atoms with van der Waals surface area (Å²) in [6.07, 6.45) is 4.83. The average molecular weight is 360 g/mol. The Hall–Kier alpha value is -2.04. The number of hydrogen-bond donors (Lipinski definition) is 2. The first-order valence-corrected chi connectivity index (χ1v) is 9.69. The lowest BCUT2D eigenvalue weighted by Crippen LogP contribution is -2.49. The molecule has 0 spiro atoms. The lowest BCUT2D eigenvalue weighted by atomic mass is 9.82. The van der Waals surface area contributed by atoms with Crippen LogP contribution in [0.5, 0.6) is 5.75 Å². The van der Waals surface area contributed by atoms with E-state index in [1.807, 2.05) is 13.8 Å². The third kappa shape index (κ3) is 5.48. The second-order valence-electron chi connectivity index (χ2n) is 7.55. The predicted octanol–water partition coefficient (Wildman–Crippen LogP) is 3.99. The second-order valence-corrected chi connectivity index (χ2v) is 7.55. The van der Waals surface area contributed by atoms with Crippen LogP contribution in [0.15, 0.2) is 24.3 Å². The molecule has 1 fully saturated rings. The van der Waals surface area contributed by atoms with Crippen LogP contribution in [0.4, 0.5) is 5.69 Å². The minimum absolute atomic E-state index is 0.0204. The van der Waals surface area contributed by atoms with E-state index in [1.165, 1.54) is 0 Å². The molecule has 5 heteroatoms. The normalized spacial score (nSPS) is 22.2. The number of carbonyl (C=O) groups excluding carboxylic acids is 2. The fourth-order valence-electron chi connectivity index (χ4n) is 3.39. The Bertz CT molecular complexity index is 592. The van der Waals surface area contributed by atoms with E-state index in [0.717, 1.165) is 37.9 Å². The van der Waals surface area contributed by atoms with Gasteiger partial charge >= 0.3 is 0 Å². The van der Waals surface area contributed by atoms with Crippen molar-refractivity contribution in [3.05, 3.63) is 24.3 Å². The van der Waals surface area contributed by atoms with Gasteiger partial charge in [-0.3, -0.25) is 9.59 Å². The van der Waals surface area contributed by atoms with Crippen LogP contribution in [0.3, 0.4) is 0 Å². The summed E-state index contributed by atoms with van der Waals surface area (Å²) in [6.45, 7) is 6.27. The van der Waals surface area contributed by atoms with Crippen LogP contribution in [0.1, 0.15) is 52.9 Å². The monoisotopic (exact) mass is 360 g/mol. The molecular formula is C21H32N2O3. The third-order valence-corrected chi connectivity index (χ3v) is 5.54. The predicted molar refractivity (Wildman–Crippen MR) is 104 cm³/mol. The summed E-state index contributed by atoms with van der Waals surface area (Å²) in [7, 11) is 1.61. The molecule has 0 bridgehead atoms. The Labute approximate surface area is 156 Å². The van der Waals surface area contributed by atoms with E-state index in [1.54, 1.807) is 31.4 Å². The molecule has 1 aliphatic rings. The highest BCUT2D eigenvalue weighted by Gasteiger charge is 2.30. The van der Waals surface area contributed by atoms with Gasteiger partial charge in [0.05, 0.1) is 7.11 Å². The average Bonchev–Trinajstić information content (AvgIpc) is 2.66. The van der Waals surface area contributed by atoms with Crippen LogP contribution >= 0.6 is 0 Å². The number of methoxy groups -OCH3 is 1. The fraction of sp³-hybridized carbons (Fsp3) is 0.619. The largest absolute Gasteiger partial charge is 0.497 e. The standard InChI is InChI=1S/C21H32N2O3/c1-5-15(3)19(23-20(24)16-8-6-14(2)7-9-16)21(25)22-17-10-12-18(26-4)13-11-17/h10-16,19H,5-9H2,1-4H3,(H,22,25)(H,23,24)/t14?,15-,16?,19+/m1/s1. The lowest BCUT2D eigenvalue weighted by Gasteiger charge is -2.29. The molecule has 2 amide bonds. The summed E-state index contributed by atoms with van der Waals surface area (Å²) in [6, 6.07) is 6.68. The van der Waals surface area contributed by atoms with Gasteiger partial charge in [0.1, 0.15) is 11.8 Å². The molecule has 2 atom stereocenters. The Kier molecular flexibility index (Phi) is 7.49. The molecule has 0 heterocycles. The van der Waals surface area contributed by atoms with Gasteiger partial charge in [-0.05, 0) is 61.8 Å². The molecule has 1 aromatic rings. The highest BCUT2D eigenvalue weighted by atomic mass is 16.5. The zero-order valence-electron chi connectivity index (χ0n) is 16.4. The van der Waals surface area contributed by atoms with Crippen molar-refractivity contribution < 1.29 is 14.3 Å². The van der Waals surface area contributed by atoms with Crippen LogP contribution in [0.25, 0.3) is 0 Å². The van der Waals surface area contributed by atoms with Crippen LogP contribution in [-0.2, 0) is 9.59 Å². The van der Waals surface area contributed by atoms with E-state index in [2.05, 4.69) is 17.6 Å². The molecule has 1 saturated carbocycles. The van der Waals surface area contributed by atoms with Crippen molar-refractivity contribution >= 4 is 17.5 Å². The van der Waals surface area contributed by atoms with Crippen molar-refractivity contribution in [1.82, 2.24) is 5.32 Å². The van der Waals surface area contributed by atoms with Crippen molar-refractivity contribution in [3.63, 3.8) is 0 Å². The highest BCUT2D eigenvalue weighted by molar-refractivity contribution is 5.97. The number of hydrogen-bond acceptors (Lipinski definition) is 3. The van der Waals surface area contributed by atoms with E-state index in [9.17, 15) is 9.59 Å². The maximum Gasteiger partial charge on any atom is 0.247 e. The molecule has 26 heavy (non-hydrogen) atoms. The zero-order chi connectivity index (χ0) is 19.1. The summed E-state index contributed by atoms with van der Waals surface area (Å²) >= 11 is 0. The molecule has 0 saturated heterocycles. The quantitative estimate of drug-likeness (QED) is 0.772. The van der Waals surface area contributed by atoms with Gasteiger partial charge in [-0.1, -0.05) is 27.2 Å². The van der Waals surface area contributed by atoms with Gasteiger partial charge in [-0.2, -0.15) is 0 Å². The Balaban J connectivity index is 2.00. The molecule has 2 rings (SSSR count). The second kappa shape index (κ2) is 9.60. The molecule has 2 N–H and O–H groups in total. The third-order valence-electron chi connectivity index (χ3n) is 5.54. The number of rotatable bonds is 7. The lowest BCUT2D eigenvalue weighted by molar-refractivity contribution is -0.131. The molecule has 0 unspecified atom stereocenters. The first-order valence-electron chi connectivity index (χ1n) is 9.69. The molecule has 0 radical (unpaired) electrons. The first kappa shape index (κ1) is 20.3. The molecular weight excluding hydrogens is 328 g/mol. The summed E-state index contributed by atoms with van der Waals surface area (Å²) in [5.41, 5.74) is 0.699. The van der Waals surface area contributed by atoms with E-state index in [-0.39, 0.29) is 23.7 Å². The molecule has 1 aromatic carbocycles. The topological polar surface area (TPSA) is 67.4 Å². The Morgan fingerprint density at radius 2 is 1.77 bits per heavy atom. The summed E-state index contributed by atoms with van der Waals surface area (Å²) in [5.74, 6) is 1.39. The highest BCUT2D eigenvalue weighted by Crippen LogP contribution is 2.28. The first-order chi connectivity index (χ1) is 12.4. The number of amides is 2. The van der Waals surface area contributed by atoms with Crippen LogP contribution in [0, 0.1) is 17.8 Å². The van der Waals surface area contributed by atoms with Gasteiger partial charge in [0, 0.05) is 11.6 Å². The van der Waals surface area contributed by atoms with Crippen molar-refractivity contribution in [2.45, 2.75) is 58.9 Å². The number of benzene rings is 1. The smallest absolute Gasteiger partial charge is 0.247 e. The fourth-order valence-corrected chi connectivity index (χ4v) is 3.39. The van der Waals surface area contributed by atoms with Gasteiger partial charge in [0.15, 0.2) is 0 Å². The van der Waals surface area contributed by atoms with Crippen LogP contribution < -0.4 is 15.4 Å². The van der Waals surface area contributed by atoms with Gasteiger partial charge in [0.2, 0.25) is 11.8 Å². The van der Waals surface area contributed by atoms with Gasteiger partial charge in [0.25, 0.3) is 0 Å².